The topological polar surface area (TPSA) is 23.4 Å². The van der Waals surface area contributed by atoms with Crippen LogP contribution in [-0.2, 0) is 9.31 Å². The van der Waals surface area contributed by atoms with Gasteiger partial charge in [0, 0.05) is 16.5 Å². The van der Waals surface area contributed by atoms with Gasteiger partial charge < -0.3 is 13.9 Å². The largest absolute Gasteiger partial charge is 0.494 e. The zero-order valence-electron chi connectivity index (χ0n) is 27.7. The molecule has 0 N–H and O–H groups in total. The van der Waals surface area contributed by atoms with E-state index < -0.39 is 7.12 Å². The Morgan fingerprint density at radius 3 is 1.25 bits per heavy atom. The van der Waals surface area contributed by atoms with Gasteiger partial charge >= 0.3 is 7.12 Å². The first-order valence-corrected chi connectivity index (χ1v) is 16.8. The molecule has 48 heavy (non-hydrogen) atoms. The fraction of sp³-hybridized carbons (Fsp3) is 0.136. The molecule has 0 radical (unpaired) electrons. The summed E-state index contributed by atoms with van der Waals surface area (Å²) in [6.07, 6.45) is 0. The third-order valence-electron chi connectivity index (χ3n) is 10.7. The number of hydrogen-bond donors (Lipinski definition) is 0. The molecule has 1 fully saturated rings. The molecule has 0 bridgehead atoms. The van der Waals surface area contributed by atoms with E-state index in [-0.39, 0.29) is 11.2 Å². The minimum Gasteiger partial charge on any atom is -0.399 e. The van der Waals surface area contributed by atoms with Crippen LogP contribution in [0.5, 0.6) is 0 Å². The Balaban J connectivity index is 1.23. The minimum atomic E-state index is -0.398. The van der Waals surface area contributed by atoms with Gasteiger partial charge in [-0.2, -0.15) is 0 Å². The zero-order valence-corrected chi connectivity index (χ0v) is 27.7. The van der Waals surface area contributed by atoms with Gasteiger partial charge in [-0.25, -0.2) is 0 Å². The van der Waals surface area contributed by atoms with Crippen molar-refractivity contribution >= 4 is 55.9 Å². The molecular weight excluding hydrogens is 585 g/mol. The second-order valence-electron chi connectivity index (χ2n) is 14.0. The fourth-order valence-electron chi connectivity index (χ4n) is 7.50. The van der Waals surface area contributed by atoms with E-state index in [9.17, 15) is 0 Å². The first-order valence-electron chi connectivity index (χ1n) is 16.8. The van der Waals surface area contributed by atoms with E-state index in [1.165, 1.54) is 65.6 Å². The van der Waals surface area contributed by atoms with Crippen LogP contribution in [-0.4, -0.2) is 22.9 Å². The van der Waals surface area contributed by atoms with Crippen molar-refractivity contribution in [3.05, 3.63) is 146 Å². The Labute approximate surface area is 281 Å². The van der Waals surface area contributed by atoms with Crippen LogP contribution in [0, 0.1) is 0 Å². The van der Waals surface area contributed by atoms with E-state index in [2.05, 4.69) is 178 Å². The summed E-state index contributed by atoms with van der Waals surface area (Å²) in [6.45, 7) is 8.39. The quantitative estimate of drug-likeness (QED) is 0.144. The van der Waals surface area contributed by atoms with E-state index in [1.54, 1.807) is 0 Å². The molecule has 0 unspecified atom stereocenters. The standard InChI is InChI=1S/C44H36BNO2/c1-43(2)44(3,4)48-45(47-43)31-25-21-29(22-26-31)41-37-17-7-5-13-33(37)34-14-6-8-18-38(34)42(41)30-23-27-32(28-24-30)46-39-19-11-9-15-35(39)36-16-10-12-20-40(36)46/h5-28H,1-4H3. The van der Waals surface area contributed by atoms with Crippen LogP contribution in [0.1, 0.15) is 27.7 Å². The van der Waals surface area contributed by atoms with E-state index in [1.807, 2.05) is 0 Å². The molecule has 1 aromatic heterocycles. The van der Waals surface area contributed by atoms with Gasteiger partial charge in [0.15, 0.2) is 0 Å². The van der Waals surface area contributed by atoms with E-state index in [4.69, 9.17) is 9.31 Å². The molecule has 7 aromatic carbocycles. The van der Waals surface area contributed by atoms with Crippen LogP contribution in [0.25, 0.3) is 71.3 Å². The Kier molecular flexibility index (Phi) is 6.46. The highest BCUT2D eigenvalue weighted by Gasteiger charge is 2.51. The third kappa shape index (κ3) is 4.37. The zero-order chi connectivity index (χ0) is 32.6. The highest BCUT2D eigenvalue weighted by Crippen LogP contribution is 2.45. The second kappa shape index (κ2) is 10.7. The Morgan fingerprint density at radius 1 is 0.417 bits per heavy atom. The second-order valence-corrected chi connectivity index (χ2v) is 14.0. The first kappa shape index (κ1) is 29.0. The highest BCUT2D eigenvalue weighted by molar-refractivity contribution is 6.62. The molecule has 0 atom stereocenters. The highest BCUT2D eigenvalue weighted by atomic mass is 16.7. The van der Waals surface area contributed by atoms with Crippen LogP contribution in [0.3, 0.4) is 0 Å². The minimum absolute atomic E-state index is 0.385. The summed E-state index contributed by atoms with van der Waals surface area (Å²) in [6, 6.07) is 52.8. The van der Waals surface area contributed by atoms with Gasteiger partial charge in [0.1, 0.15) is 0 Å². The van der Waals surface area contributed by atoms with Crippen LogP contribution < -0.4 is 5.46 Å². The van der Waals surface area contributed by atoms with Crippen LogP contribution in [0.4, 0.5) is 0 Å². The molecule has 232 valence electrons. The number of aromatic nitrogens is 1. The number of hydrogen-bond acceptors (Lipinski definition) is 2. The van der Waals surface area contributed by atoms with E-state index in [0.29, 0.717) is 0 Å². The van der Waals surface area contributed by atoms with Gasteiger partial charge in [0.2, 0.25) is 0 Å². The predicted molar refractivity (Wildman–Crippen MR) is 202 cm³/mol. The summed E-state index contributed by atoms with van der Waals surface area (Å²) in [4.78, 5) is 0. The van der Waals surface area contributed by atoms with Crippen molar-refractivity contribution in [2.75, 3.05) is 0 Å². The fourth-order valence-corrected chi connectivity index (χ4v) is 7.50. The lowest BCUT2D eigenvalue weighted by molar-refractivity contribution is 0.00578. The van der Waals surface area contributed by atoms with Gasteiger partial charge in [-0.1, -0.05) is 121 Å². The number of nitrogens with zero attached hydrogens (tertiary/aromatic N) is 1. The summed E-state index contributed by atoms with van der Waals surface area (Å²) in [5.41, 5.74) is 8.65. The Morgan fingerprint density at radius 2 is 0.792 bits per heavy atom. The van der Waals surface area contributed by atoms with Gasteiger partial charge in [0.05, 0.1) is 22.2 Å². The van der Waals surface area contributed by atoms with Crippen molar-refractivity contribution in [2.24, 2.45) is 0 Å². The van der Waals surface area contributed by atoms with Gasteiger partial charge in [-0.05, 0) is 101 Å². The molecule has 0 spiro atoms. The molecule has 2 heterocycles. The molecule has 4 heteroatoms. The molecule has 3 nitrogen and oxygen atoms in total. The van der Waals surface area contributed by atoms with Crippen molar-refractivity contribution in [1.29, 1.82) is 0 Å². The summed E-state index contributed by atoms with van der Waals surface area (Å²) in [7, 11) is -0.398. The van der Waals surface area contributed by atoms with Crippen LogP contribution >= 0.6 is 0 Å². The molecule has 1 aliphatic heterocycles. The van der Waals surface area contributed by atoms with E-state index in [0.717, 1.165) is 11.2 Å². The smallest absolute Gasteiger partial charge is 0.399 e. The molecular formula is C44H36BNO2. The maximum atomic E-state index is 6.39. The average molecular weight is 622 g/mol. The van der Waals surface area contributed by atoms with Crippen molar-refractivity contribution in [2.45, 2.75) is 38.9 Å². The summed E-state index contributed by atoms with van der Waals surface area (Å²) in [5.74, 6) is 0. The summed E-state index contributed by atoms with van der Waals surface area (Å²) in [5, 5.41) is 7.52. The summed E-state index contributed by atoms with van der Waals surface area (Å²) >= 11 is 0. The SMILES string of the molecule is CC1(C)OB(c2ccc(-c3c(-c4ccc(-n5c6ccccc6c6ccccc65)cc4)c4ccccc4c4ccccc34)cc2)OC1(C)C. The lowest BCUT2D eigenvalue weighted by Gasteiger charge is -2.32. The molecule has 8 aromatic rings. The lowest BCUT2D eigenvalue weighted by Crippen LogP contribution is -2.41. The normalized spacial score (nSPS) is 15.6. The average Bonchev–Trinajstić information content (AvgIpc) is 3.56. The molecule has 0 saturated carbocycles. The summed E-state index contributed by atoms with van der Waals surface area (Å²) < 4.78 is 15.2. The van der Waals surface area contributed by atoms with Crippen molar-refractivity contribution < 1.29 is 9.31 Å². The van der Waals surface area contributed by atoms with Gasteiger partial charge in [0.25, 0.3) is 0 Å². The number of fused-ring (bicyclic) bond motifs is 6. The Bertz CT molecular complexity index is 2440. The predicted octanol–water partition coefficient (Wildman–Crippen LogP) is 10.7. The monoisotopic (exact) mass is 621 g/mol. The van der Waals surface area contributed by atoms with E-state index >= 15 is 0 Å². The van der Waals surface area contributed by atoms with Gasteiger partial charge in [-0.3, -0.25) is 0 Å². The number of rotatable bonds is 4. The first-order chi connectivity index (χ1) is 23.3. The molecule has 1 aliphatic rings. The lowest BCUT2D eigenvalue weighted by atomic mass is 9.78. The van der Waals surface area contributed by atoms with Crippen LogP contribution in [0.2, 0.25) is 0 Å². The molecule has 9 rings (SSSR count). The van der Waals surface area contributed by atoms with Crippen LogP contribution in [0.15, 0.2) is 146 Å². The Hall–Kier alpha value is -5.16. The number of para-hydroxylation sites is 2. The maximum Gasteiger partial charge on any atom is 0.494 e. The molecule has 1 saturated heterocycles. The third-order valence-corrected chi connectivity index (χ3v) is 10.7. The van der Waals surface area contributed by atoms with Crippen molar-refractivity contribution in [3.63, 3.8) is 0 Å². The van der Waals surface area contributed by atoms with Crippen molar-refractivity contribution in [1.82, 2.24) is 4.57 Å². The van der Waals surface area contributed by atoms with Gasteiger partial charge in [-0.15, -0.1) is 0 Å². The maximum absolute atomic E-state index is 6.39. The van der Waals surface area contributed by atoms with Crippen molar-refractivity contribution in [3.8, 4) is 27.9 Å². The molecule has 0 aliphatic carbocycles. The molecule has 0 amide bonds. The number of benzene rings is 7.